The maximum absolute atomic E-state index is 13.1. The van der Waals surface area contributed by atoms with Crippen molar-refractivity contribution in [2.75, 3.05) is 39.6 Å². The molecule has 0 aliphatic heterocycles. The van der Waals surface area contributed by atoms with Gasteiger partial charge in [-0.15, -0.1) is 0 Å². The molecule has 17 nitrogen and oxygen atoms in total. The molecule has 0 rings (SSSR count). The molecule has 0 heterocycles. The van der Waals surface area contributed by atoms with Crippen LogP contribution in [0.25, 0.3) is 0 Å². The second kappa shape index (κ2) is 82.4. The van der Waals surface area contributed by atoms with Crippen LogP contribution in [-0.4, -0.2) is 96.7 Å². The Morgan fingerprint density at radius 1 is 0.259 bits per heavy atom. The Labute approximate surface area is 677 Å². The fourth-order valence-corrected chi connectivity index (χ4v) is 11.7. The average molecular weight is 1600 g/mol. The van der Waals surface area contributed by atoms with E-state index >= 15 is 0 Å². The molecular formula is C93H146O17P2. The second-order valence-corrected chi connectivity index (χ2v) is 29.8. The molecule has 0 saturated heterocycles. The summed E-state index contributed by atoms with van der Waals surface area (Å²) >= 11 is 0. The van der Waals surface area contributed by atoms with Crippen LogP contribution in [0.2, 0.25) is 0 Å². The number of phosphoric ester groups is 2. The number of ether oxygens (including phenoxy) is 4. The third kappa shape index (κ3) is 81.4. The average Bonchev–Trinajstić information content (AvgIpc) is 0.898. The van der Waals surface area contributed by atoms with Crippen molar-refractivity contribution in [1.82, 2.24) is 0 Å². The van der Waals surface area contributed by atoms with Crippen molar-refractivity contribution < 1.29 is 80.2 Å². The summed E-state index contributed by atoms with van der Waals surface area (Å²) in [5, 5.41) is 10.7. The molecular weight excluding hydrogens is 1450 g/mol. The van der Waals surface area contributed by atoms with Crippen molar-refractivity contribution in [2.45, 2.75) is 303 Å². The van der Waals surface area contributed by atoms with Crippen molar-refractivity contribution in [3.05, 3.63) is 219 Å². The highest BCUT2D eigenvalue weighted by Gasteiger charge is 2.30. The lowest BCUT2D eigenvalue weighted by Crippen LogP contribution is -2.30. The first-order chi connectivity index (χ1) is 54.7. The number of rotatable bonds is 76. The molecule has 0 aliphatic rings. The fourth-order valence-electron chi connectivity index (χ4n) is 10.1. The topological polar surface area (TPSA) is 237 Å². The van der Waals surface area contributed by atoms with Crippen LogP contribution in [0.3, 0.4) is 0 Å². The molecule has 0 bridgehead atoms. The fraction of sp³-hybridized carbons (Fsp3) is 0.570. The number of aliphatic hydroxyl groups excluding tert-OH is 1. The third-order valence-corrected chi connectivity index (χ3v) is 18.3. The first kappa shape index (κ1) is 105. The van der Waals surface area contributed by atoms with Gasteiger partial charge in [0.15, 0.2) is 12.2 Å². The van der Waals surface area contributed by atoms with Crippen molar-refractivity contribution in [1.29, 1.82) is 0 Å². The van der Waals surface area contributed by atoms with Gasteiger partial charge in [0.25, 0.3) is 0 Å². The van der Waals surface area contributed by atoms with E-state index in [0.717, 1.165) is 128 Å². The smallest absolute Gasteiger partial charge is 0.462 e. The molecule has 5 atom stereocenters. The van der Waals surface area contributed by atoms with Gasteiger partial charge in [-0.25, -0.2) is 9.13 Å². The minimum Gasteiger partial charge on any atom is -0.462 e. The number of phosphoric acid groups is 2. The van der Waals surface area contributed by atoms with Gasteiger partial charge < -0.3 is 33.8 Å². The van der Waals surface area contributed by atoms with Crippen LogP contribution in [-0.2, 0) is 65.4 Å². The standard InChI is InChI=1S/C93H146O17P2/c1-5-9-13-17-21-25-29-33-37-40-43-46-50-53-57-61-65-69-73-77-90(95)103-83-88(109-92(97)79-75-71-67-63-59-55-49-36-32-28-24-20-16-12-8-4)85-107-111(99,100)105-81-87(94)82-106-112(101,102)108-86-89(110-93(98)80-76-72-68-64-60-56-52-48-45-42-39-35-31-27-23-19-15-11-7-3)84-104-91(96)78-74-70-66-62-58-54-51-47-44-41-38-34-30-26-22-18-14-10-6-2/h10-11,14-15,21-23,25-27,33-39,43-49,53-54,56-58,60,65-66,68-70,72,87-89,94H,5-9,12-13,16-20,24,28-32,40-42,50-52,55,59,61-64,67,71,73-86H2,1-4H3,(H,99,100)(H,101,102)/b14-10-,15-11-,25-21-,26-22-,27-23-,37-33-,38-34-,39-35-,46-43-,47-44-,48-45-,49-36-,57-53-,58-54-,60-56-,69-65-,70-66-,72-68-/t87-,88+,89+/m0/s1. The maximum Gasteiger partial charge on any atom is 0.472 e. The number of hydrogen-bond donors (Lipinski definition) is 3. The number of carbonyl (C=O) groups is 4. The summed E-state index contributed by atoms with van der Waals surface area (Å²) in [4.78, 5) is 73.1. The normalized spacial score (nSPS) is 14.9. The van der Waals surface area contributed by atoms with Gasteiger partial charge in [0.1, 0.15) is 19.3 Å². The van der Waals surface area contributed by atoms with E-state index in [0.29, 0.717) is 44.9 Å². The molecule has 0 amide bonds. The van der Waals surface area contributed by atoms with Gasteiger partial charge in [0.2, 0.25) is 0 Å². The van der Waals surface area contributed by atoms with Gasteiger partial charge in [0.05, 0.1) is 26.4 Å². The quantitative estimate of drug-likeness (QED) is 0.0169. The lowest BCUT2D eigenvalue weighted by molar-refractivity contribution is -0.161. The van der Waals surface area contributed by atoms with E-state index in [1.54, 1.807) is 0 Å². The molecule has 0 saturated carbocycles. The zero-order valence-electron chi connectivity index (χ0n) is 69.0. The Kier molecular flexibility index (Phi) is 77.5. The van der Waals surface area contributed by atoms with E-state index in [9.17, 15) is 43.2 Å². The van der Waals surface area contributed by atoms with E-state index in [4.69, 9.17) is 37.0 Å². The molecule has 19 heteroatoms. The number of allylic oxidation sites excluding steroid dienone is 36. The Hall–Kier alpha value is -6.62. The predicted octanol–water partition coefficient (Wildman–Crippen LogP) is 25.2. The Morgan fingerprint density at radius 2 is 0.482 bits per heavy atom. The number of hydrogen-bond acceptors (Lipinski definition) is 15. The van der Waals surface area contributed by atoms with Crippen molar-refractivity contribution in [3.8, 4) is 0 Å². The number of unbranched alkanes of at least 4 members (excludes halogenated alkanes) is 14. The maximum atomic E-state index is 13.1. The molecule has 0 fully saturated rings. The number of carbonyl (C=O) groups excluding carboxylic acids is 4. The minimum atomic E-state index is -5.04. The van der Waals surface area contributed by atoms with Crippen LogP contribution in [0.4, 0.5) is 0 Å². The molecule has 0 spiro atoms. The molecule has 0 radical (unpaired) electrons. The Balaban J connectivity index is 5.61. The minimum absolute atomic E-state index is 0.00893. The monoisotopic (exact) mass is 1600 g/mol. The third-order valence-electron chi connectivity index (χ3n) is 16.4. The zero-order chi connectivity index (χ0) is 81.7. The highest BCUT2D eigenvalue weighted by molar-refractivity contribution is 7.47. The Morgan fingerprint density at radius 3 is 0.795 bits per heavy atom. The molecule has 112 heavy (non-hydrogen) atoms. The van der Waals surface area contributed by atoms with Crippen LogP contribution in [0, 0.1) is 0 Å². The van der Waals surface area contributed by atoms with E-state index in [1.165, 1.54) is 57.8 Å². The molecule has 2 unspecified atom stereocenters. The van der Waals surface area contributed by atoms with E-state index < -0.39 is 97.5 Å². The lowest BCUT2D eigenvalue weighted by atomic mass is 10.1. The number of esters is 4. The summed E-state index contributed by atoms with van der Waals surface area (Å²) in [6.07, 6.45) is 105. The summed E-state index contributed by atoms with van der Waals surface area (Å²) in [5.41, 5.74) is 0. The Bertz CT molecular complexity index is 2990. The SMILES string of the molecule is CC/C=C\C/C=C\C/C=C\C/C=C\C/C=C\C/C=C\CCC(=O)OC[C@H](COP(=O)(O)OC[C@@H](O)COP(=O)(O)OC[C@@H](COC(=O)CC/C=C\C/C=C\C/C=C\C/C=C\C/C=C\CCCCC)OC(=O)CCCCCCC/C=C\CCCCCCCC)OC(=O)CC/C=C\C/C=C\C/C=C\C/C=C\C/C=C\C/C=C\CC. The van der Waals surface area contributed by atoms with Crippen molar-refractivity contribution in [2.24, 2.45) is 0 Å². The van der Waals surface area contributed by atoms with E-state index in [-0.39, 0.29) is 25.7 Å². The van der Waals surface area contributed by atoms with Crippen molar-refractivity contribution >= 4 is 39.5 Å². The van der Waals surface area contributed by atoms with E-state index in [1.807, 2.05) is 54.7 Å². The summed E-state index contributed by atoms with van der Waals surface area (Å²) in [5.74, 6) is -2.50. The summed E-state index contributed by atoms with van der Waals surface area (Å²) in [6.45, 7) is 4.32. The largest absolute Gasteiger partial charge is 0.472 e. The lowest BCUT2D eigenvalue weighted by Gasteiger charge is -2.21. The van der Waals surface area contributed by atoms with Crippen molar-refractivity contribution in [3.63, 3.8) is 0 Å². The van der Waals surface area contributed by atoms with Gasteiger partial charge in [0, 0.05) is 25.7 Å². The summed E-state index contributed by atoms with van der Waals surface area (Å²) < 4.78 is 68.5. The van der Waals surface area contributed by atoms with Crippen LogP contribution in [0.15, 0.2) is 219 Å². The molecule has 630 valence electrons. The molecule has 0 aromatic rings. The molecule has 0 aromatic heterocycles. The highest BCUT2D eigenvalue weighted by atomic mass is 31.2. The van der Waals surface area contributed by atoms with Crippen LogP contribution in [0.1, 0.15) is 285 Å². The molecule has 3 N–H and O–H groups in total. The molecule has 0 aliphatic carbocycles. The predicted molar refractivity (Wildman–Crippen MR) is 463 cm³/mol. The molecule has 0 aromatic carbocycles. The van der Waals surface area contributed by atoms with Gasteiger partial charge in [-0.1, -0.05) is 311 Å². The van der Waals surface area contributed by atoms with Gasteiger partial charge in [-0.3, -0.25) is 37.3 Å². The zero-order valence-corrected chi connectivity index (χ0v) is 70.8. The van der Waals surface area contributed by atoms with Gasteiger partial charge in [-0.05, 0) is 167 Å². The van der Waals surface area contributed by atoms with Crippen LogP contribution < -0.4 is 0 Å². The second-order valence-electron chi connectivity index (χ2n) is 26.9. The van der Waals surface area contributed by atoms with Gasteiger partial charge in [-0.2, -0.15) is 0 Å². The van der Waals surface area contributed by atoms with Crippen LogP contribution >= 0.6 is 15.6 Å². The van der Waals surface area contributed by atoms with E-state index in [2.05, 4.69) is 192 Å². The summed E-state index contributed by atoms with van der Waals surface area (Å²) in [7, 11) is -10.1. The first-order valence-corrected chi connectivity index (χ1v) is 45.0. The first-order valence-electron chi connectivity index (χ1n) is 42.0. The summed E-state index contributed by atoms with van der Waals surface area (Å²) in [6, 6.07) is 0. The number of aliphatic hydroxyl groups is 1. The highest BCUT2D eigenvalue weighted by Crippen LogP contribution is 2.45. The van der Waals surface area contributed by atoms with Gasteiger partial charge >= 0.3 is 39.5 Å². The van der Waals surface area contributed by atoms with Crippen LogP contribution in [0.5, 0.6) is 0 Å².